The molecule has 9 nitrogen and oxygen atoms in total. The summed E-state index contributed by atoms with van der Waals surface area (Å²) < 4.78 is 11.4. The van der Waals surface area contributed by atoms with Crippen LogP contribution >= 0.6 is 11.6 Å². The predicted octanol–water partition coefficient (Wildman–Crippen LogP) is 4.54. The standard InChI is InChI=1S/C20H13ClN4O5/c1-29-20(26)17-18(30-23-19(17)25(27)28)15-11-16(13-9-5-6-10-14(13)21)24(22-15)12-7-3-2-4-8-12/h2-11H,1H3. The zero-order valence-corrected chi connectivity index (χ0v) is 16.2. The molecule has 0 N–H and O–H groups in total. The monoisotopic (exact) mass is 424 g/mol. The van der Waals surface area contributed by atoms with Crippen LogP contribution in [0.4, 0.5) is 5.82 Å². The Hall–Kier alpha value is -3.98. The fraction of sp³-hybridized carbons (Fsp3) is 0.0500. The van der Waals surface area contributed by atoms with Gasteiger partial charge in [0.1, 0.15) is 5.69 Å². The average Bonchev–Trinajstić information content (AvgIpc) is 3.39. The number of esters is 1. The van der Waals surface area contributed by atoms with Crippen LogP contribution in [0.5, 0.6) is 0 Å². The smallest absolute Gasteiger partial charge is 0.429 e. The lowest BCUT2D eigenvalue weighted by molar-refractivity contribution is -0.391. The Labute approximate surface area is 174 Å². The molecular formula is C20H13ClN4O5. The molecule has 10 heteroatoms. The first-order chi connectivity index (χ1) is 14.5. The van der Waals surface area contributed by atoms with E-state index >= 15 is 0 Å². The number of rotatable bonds is 5. The molecule has 0 amide bonds. The van der Waals surface area contributed by atoms with Crippen LogP contribution in [0.3, 0.4) is 0 Å². The molecule has 2 heterocycles. The highest BCUT2D eigenvalue weighted by atomic mass is 35.5. The van der Waals surface area contributed by atoms with Crippen molar-refractivity contribution in [3.63, 3.8) is 0 Å². The number of carbonyl (C=O) groups is 1. The number of ether oxygens (including phenoxy) is 1. The fourth-order valence-corrected chi connectivity index (χ4v) is 3.22. The third-order valence-electron chi connectivity index (χ3n) is 4.33. The van der Waals surface area contributed by atoms with Crippen LogP contribution in [0.15, 0.2) is 65.2 Å². The lowest BCUT2D eigenvalue weighted by Crippen LogP contribution is -2.05. The highest BCUT2D eigenvalue weighted by Gasteiger charge is 2.35. The first-order valence-corrected chi connectivity index (χ1v) is 9.02. The topological polar surface area (TPSA) is 113 Å². The summed E-state index contributed by atoms with van der Waals surface area (Å²) in [6.07, 6.45) is 0. The minimum absolute atomic E-state index is 0.162. The number of hydrogen-bond acceptors (Lipinski definition) is 7. The summed E-state index contributed by atoms with van der Waals surface area (Å²) >= 11 is 6.38. The largest absolute Gasteiger partial charge is 0.465 e. The number of hydrogen-bond donors (Lipinski definition) is 0. The number of nitrogens with zero attached hydrogens (tertiary/aromatic N) is 4. The summed E-state index contributed by atoms with van der Waals surface area (Å²) in [5.41, 5.74) is 1.74. The van der Waals surface area contributed by atoms with Crippen LogP contribution in [0.2, 0.25) is 5.02 Å². The van der Waals surface area contributed by atoms with Gasteiger partial charge in [-0.1, -0.05) is 48.0 Å². The summed E-state index contributed by atoms with van der Waals surface area (Å²) in [7, 11) is 1.11. The van der Waals surface area contributed by atoms with Gasteiger partial charge in [-0.3, -0.25) is 4.52 Å². The van der Waals surface area contributed by atoms with Crippen LogP contribution < -0.4 is 0 Å². The van der Waals surface area contributed by atoms with E-state index in [-0.39, 0.29) is 11.5 Å². The van der Waals surface area contributed by atoms with Crippen molar-refractivity contribution in [2.24, 2.45) is 0 Å². The van der Waals surface area contributed by atoms with E-state index < -0.39 is 22.3 Å². The maximum absolute atomic E-state index is 12.2. The zero-order valence-electron chi connectivity index (χ0n) is 15.5. The third kappa shape index (κ3) is 3.31. The van der Waals surface area contributed by atoms with Crippen molar-refractivity contribution >= 4 is 23.4 Å². The Bertz CT molecular complexity index is 1250. The molecule has 0 aliphatic carbocycles. The highest BCUT2D eigenvalue weighted by Crippen LogP contribution is 2.36. The predicted molar refractivity (Wildman–Crippen MR) is 108 cm³/mol. The van der Waals surface area contributed by atoms with E-state index in [1.807, 2.05) is 42.5 Å². The normalized spacial score (nSPS) is 10.7. The van der Waals surface area contributed by atoms with Gasteiger partial charge in [-0.15, -0.1) is 0 Å². The number of halogens is 1. The summed E-state index contributed by atoms with van der Waals surface area (Å²) in [6, 6.07) is 18.0. The van der Waals surface area contributed by atoms with Crippen molar-refractivity contribution in [1.82, 2.24) is 14.9 Å². The van der Waals surface area contributed by atoms with Gasteiger partial charge >= 0.3 is 11.8 Å². The van der Waals surface area contributed by atoms with Gasteiger partial charge in [-0.05, 0) is 29.2 Å². The molecule has 0 saturated carbocycles. The van der Waals surface area contributed by atoms with Gasteiger partial charge in [0.25, 0.3) is 0 Å². The molecule has 0 aliphatic heterocycles. The van der Waals surface area contributed by atoms with Crippen LogP contribution in [-0.4, -0.2) is 32.9 Å². The molecule has 4 rings (SSSR count). The first-order valence-electron chi connectivity index (χ1n) is 8.64. The van der Waals surface area contributed by atoms with E-state index in [1.165, 1.54) is 0 Å². The first kappa shape index (κ1) is 19.3. The van der Waals surface area contributed by atoms with E-state index in [2.05, 4.69) is 15.0 Å². The second kappa shape index (κ2) is 7.80. The van der Waals surface area contributed by atoms with Crippen molar-refractivity contribution in [1.29, 1.82) is 0 Å². The molecule has 30 heavy (non-hydrogen) atoms. The fourth-order valence-electron chi connectivity index (χ4n) is 2.99. The zero-order chi connectivity index (χ0) is 21.3. The van der Waals surface area contributed by atoms with E-state index in [9.17, 15) is 14.9 Å². The minimum Gasteiger partial charge on any atom is -0.465 e. The van der Waals surface area contributed by atoms with Crippen LogP contribution in [0.25, 0.3) is 28.4 Å². The summed E-state index contributed by atoms with van der Waals surface area (Å²) in [5.74, 6) is -1.87. The van der Waals surface area contributed by atoms with Gasteiger partial charge in [-0.2, -0.15) is 5.10 Å². The number of methoxy groups -OCH3 is 1. The summed E-state index contributed by atoms with van der Waals surface area (Å²) in [4.78, 5) is 22.7. The third-order valence-corrected chi connectivity index (χ3v) is 4.66. The average molecular weight is 425 g/mol. The molecule has 2 aromatic heterocycles. The van der Waals surface area contributed by atoms with Crippen molar-refractivity contribution in [3.05, 3.63) is 81.4 Å². The van der Waals surface area contributed by atoms with Crippen molar-refractivity contribution in [3.8, 4) is 28.4 Å². The minimum atomic E-state index is -0.952. The Morgan fingerprint density at radius 3 is 2.53 bits per heavy atom. The highest BCUT2D eigenvalue weighted by molar-refractivity contribution is 6.33. The van der Waals surface area contributed by atoms with Gasteiger partial charge in [0.15, 0.2) is 5.16 Å². The molecule has 2 aromatic carbocycles. The van der Waals surface area contributed by atoms with Crippen LogP contribution in [0, 0.1) is 10.1 Å². The maximum Gasteiger partial charge on any atom is 0.429 e. The lowest BCUT2D eigenvalue weighted by atomic mass is 10.1. The van der Waals surface area contributed by atoms with Crippen molar-refractivity contribution < 1.29 is 19.0 Å². The van der Waals surface area contributed by atoms with Crippen LogP contribution in [-0.2, 0) is 4.74 Å². The number of para-hydroxylation sites is 1. The Morgan fingerprint density at radius 1 is 1.17 bits per heavy atom. The van der Waals surface area contributed by atoms with E-state index in [0.29, 0.717) is 22.0 Å². The summed E-state index contributed by atoms with van der Waals surface area (Å²) in [5, 5.41) is 19.7. The maximum atomic E-state index is 12.2. The van der Waals surface area contributed by atoms with Gasteiger partial charge in [0, 0.05) is 10.6 Å². The van der Waals surface area contributed by atoms with E-state index in [4.69, 9.17) is 16.1 Å². The van der Waals surface area contributed by atoms with Gasteiger partial charge in [0.2, 0.25) is 11.3 Å². The molecule has 150 valence electrons. The van der Waals surface area contributed by atoms with Gasteiger partial charge < -0.3 is 14.9 Å². The van der Waals surface area contributed by atoms with E-state index in [0.717, 1.165) is 7.11 Å². The van der Waals surface area contributed by atoms with E-state index in [1.54, 1.807) is 22.9 Å². The molecule has 0 saturated heterocycles. The SMILES string of the molecule is COC(=O)c1c([N+](=O)[O-])noc1-c1cc(-c2ccccc2Cl)n(-c2ccccc2)n1. The second-order valence-electron chi connectivity index (χ2n) is 6.10. The molecule has 0 radical (unpaired) electrons. The number of nitro groups is 1. The molecule has 0 fully saturated rings. The molecule has 0 bridgehead atoms. The van der Waals surface area contributed by atoms with Gasteiger partial charge in [0.05, 0.1) is 18.5 Å². The summed E-state index contributed by atoms with van der Waals surface area (Å²) in [6.45, 7) is 0. The Balaban J connectivity index is 1.97. The molecule has 0 aliphatic rings. The Morgan fingerprint density at radius 2 is 1.87 bits per heavy atom. The molecular weight excluding hydrogens is 412 g/mol. The van der Waals surface area contributed by atoms with Crippen molar-refractivity contribution in [2.75, 3.05) is 7.11 Å². The number of benzene rings is 2. The number of aromatic nitrogens is 3. The number of carbonyl (C=O) groups excluding carboxylic acids is 1. The van der Waals surface area contributed by atoms with Crippen LogP contribution in [0.1, 0.15) is 10.4 Å². The second-order valence-corrected chi connectivity index (χ2v) is 6.51. The molecule has 4 aromatic rings. The molecule has 0 spiro atoms. The molecule has 0 atom stereocenters. The van der Waals surface area contributed by atoms with Gasteiger partial charge in [-0.25, -0.2) is 9.48 Å². The van der Waals surface area contributed by atoms with Crippen molar-refractivity contribution in [2.45, 2.75) is 0 Å². The molecule has 0 unspecified atom stereocenters. The quantitative estimate of drug-likeness (QED) is 0.262. The lowest BCUT2D eigenvalue weighted by Gasteiger charge is -2.08. The Kier molecular flexibility index (Phi) is 5.03.